The Bertz CT molecular complexity index is 1700. The molecule has 0 aliphatic carbocycles. The fourth-order valence-electron chi connectivity index (χ4n) is 5.13. The van der Waals surface area contributed by atoms with Crippen LogP contribution in [0.1, 0.15) is 33.6 Å². The molecule has 3 aromatic rings. The van der Waals surface area contributed by atoms with Crippen LogP contribution in [-0.4, -0.2) is 65.3 Å². The lowest BCUT2D eigenvalue weighted by molar-refractivity contribution is -0.135. The SMILES string of the molecule is CCOC(=O)c1ccc(NC(=O)Cn2c3c(sc2=O)[C@@H](c2ccc(OC)c(OC)c2)[C@H]2C(=O)N(C(N)=O)C(=O)[C@H]2S3)cc1. The third kappa shape index (κ3) is 5.36. The number of nitrogens with two attached hydrogens (primary N) is 1. The Morgan fingerprint density at radius 3 is 2.30 bits per heavy atom. The highest BCUT2D eigenvalue weighted by Crippen LogP contribution is 2.54. The molecule has 5 amide bonds. The number of hydrogen-bond donors (Lipinski definition) is 2. The highest BCUT2D eigenvalue weighted by atomic mass is 32.2. The van der Waals surface area contributed by atoms with Crippen LogP contribution in [0, 0.1) is 5.92 Å². The Balaban J connectivity index is 1.50. The second kappa shape index (κ2) is 11.9. The van der Waals surface area contributed by atoms with E-state index in [1.165, 1.54) is 43.1 Å². The molecule has 2 aromatic carbocycles. The molecule has 0 spiro atoms. The van der Waals surface area contributed by atoms with Crippen molar-refractivity contribution < 1.29 is 38.2 Å². The molecule has 43 heavy (non-hydrogen) atoms. The van der Waals surface area contributed by atoms with Gasteiger partial charge in [0.25, 0.3) is 5.91 Å². The molecular formula is C28H26N4O9S2. The molecule has 0 bridgehead atoms. The number of nitrogens with zero attached hydrogens (tertiary/aromatic N) is 2. The average Bonchev–Trinajstić information content (AvgIpc) is 3.43. The Labute approximate surface area is 252 Å². The van der Waals surface area contributed by atoms with Crippen molar-refractivity contribution in [1.29, 1.82) is 0 Å². The quantitative estimate of drug-likeness (QED) is 0.279. The van der Waals surface area contributed by atoms with Gasteiger partial charge in [0.05, 0.1) is 37.3 Å². The zero-order valence-corrected chi connectivity index (χ0v) is 24.8. The lowest BCUT2D eigenvalue weighted by Crippen LogP contribution is -2.41. The zero-order chi connectivity index (χ0) is 31.0. The van der Waals surface area contributed by atoms with Gasteiger partial charge in [0.15, 0.2) is 11.5 Å². The van der Waals surface area contributed by atoms with Crippen molar-refractivity contribution in [3.63, 3.8) is 0 Å². The number of imide groups is 3. The summed E-state index contributed by atoms with van der Waals surface area (Å²) >= 11 is 1.80. The Hall–Kier alpha value is -4.63. The van der Waals surface area contributed by atoms with Crippen molar-refractivity contribution in [3.8, 4) is 11.5 Å². The number of benzene rings is 2. The smallest absolute Gasteiger partial charge is 0.338 e. The van der Waals surface area contributed by atoms with Crippen LogP contribution in [0.4, 0.5) is 10.5 Å². The van der Waals surface area contributed by atoms with Crippen LogP contribution in [0.25, 0.3) is 0 Å². The maximum absolute atomic E-state index is 13.4. The lowest BCUT2D eigenvalue weighted by Gasteiger charge is -2.31. The number of nitrogens with one attached hydrogen (secondary N) is 1. The van der Waals surface area contributed by atoms with Gasteiger partial charge in [-0.1, -0.05) is 29.2 Å². The van der Waals surface area contributed by atoms with E-state index in [2.05, 4.69) is 5.32 Å². The third-order valence-electron chi connectivity index (χ3n) is 7.02. The van der Waals surface area contributed by atoms with Gasteiger partial charge < -0.3 is 25.3 Å². The fourth-order valence-corrected chi connectivity index (χ4v) is 7.90. The van der Waals surface area contributed by atoms with E-state index < -0.39 is 58.2 Å². The number of ether oxygens (including phenoxy) is 3. The van der Waals surface area contributed by atoms with E-state index in [1.807, 2.05) is 0 Å². The summed E-state index contributed by atoms with van der Waals surface area (Å²) < 4.78 is 17.0. The van der Waals surface area contributed by atoms with Crippen molar-refractivity contribution in [2.75, 3.05) is 26.1 Å². The van der Waals surface area contributed by atoms with E-state index in [4.69, 9.17) is 19.9 Å². The summed E-state index contributed by atoms with van der Waals surface area (Å²) in [5, 5.41) is 1.96. The number of thioether (sulfide) groups is 1. The molecule has 0 unspecified atom stereocenters. The highest BCUT2D eigenvalue weighted by Gasteiger charge is 2.58. The first-order valence-corrected chi connectivity index (χ1v) is 14.7. The van der Waals surface area contributed by atoms with Gasteiger partial charge in [-0.25, -0.2) is 9.59 Å². The Kier molecular flexibility index (Phi) is 8.28. The first kappa shape index (κ1) is 29.8. The van der Waals surface area contributed by atoms with E-state index in [0.717, 1.165) is 23.1 Å². The van der Waals surface area contributed by atoms with Gasteiger partial charge in [0.1, 0.15) is 11.8 Å². The number of urea groups is 1. The van der Waals surface area contributed by atoms with Crippen molar-refractivity contribution in [1.82, 2.24) is 9.47 Å². The third-order valence-corrected chi connectivity index (χ3v) is 9.62. The summed E-state index contributed by atoms with van der Waals surface area (Å²) in [4.78, 5) is 77.3. The zero-order valence-electron chi connectivity index (χ0n) is 23.2. The number of amides is 5. The number of esters is 1. The largest absolute Gasteiger partial charge is 0.493 e. The standard InChI is InChI=1S/C28H26N4O9S2/c1-4-41-26(36)13-5-8-15(9-6-13)30-18(33)12-31-25-22(43-28(31)38)19(14-7-10-16(39-2)17(11-14)40-3)20-21(42-25)24(35)32(23(20)34)27(29)37/h5-11,19-21H,4,12H2,1-3H3,(H2,29,37)(H,30,33)/t19-,20+,21-/m0/s1. The van der Waals surface area contributed by atoms with E-state index in [-0.39, 0.29) is 6.61 Å². The van der Waals surface area contributed by atoms with E-state index >= 15 is 0 Å². The molecular weight excluding hydrogens is 600 g/mol. The van der Waals surface area contributed by atoms with Gasteiger partial charge in [-0.3, -0.25) is 23.7 Å². The summed E-state index contributed by atoms with van der Waals surface area (Å²) in [6.07, 6.45) is 0. The predicted molar refractivity (Wildman–Crippen MR) is 156 cm³/mol. The van der Waals surface area contributed by atoms with Gasteiger partial charge in [0.2, 0.25) is 11.8 Å². The molecule has 3 heterocycles. The summed E-state index contributed by atoms with van der Waals surface area (Å²) in [7, 11) is 2.92. The number of aromatic nitrogens is 1. The summed E-state index contributed by atoms with van der Waals surface area (Å²) in [6, 6.07) is 9.85. The molecule has 1 saturated heterocycles. The van der Waals surface area contributed by atoms with Gasteiger partial charge in [-0.2, -0.15) is 4.90 Å². The number of carbonyl (C=O) groups excluding carboxylic acids is 5. The van der Waals surface area contributed by atoms with Crippen LogP contribution in [0.5, 0.6) is 11.5 Å². The minimum atomic E-state index is -1.19. The van der Waals surface area contributed by atoms with E-state index in [9.17, 15) is 28.8 Å². The van der Waals surface area contributed by atoms with Gasteiger partial charge >= 0.3 is 16.9 Å². The predicted octanol–water partition coefficient (Wildman–Crippen LogP) is 2.41. The first-order valence-electron chi connectivity index (χ1n) is 13.0. The van der Waals surface area contributed by atoms with E-state index in [0.29, 0.717) is 43.1 Å². The number of likely N-dealkylation sites (tertiary alicyclic amines) is 1. The monoisotopic (exact) mass is 626 g/mol. The number of thiazole rings is 1. The molecule has 0 saturated carbocycles. The van der Waals surface area contributed by atoms with Crippen LogP contribution in [0.15, 0.2) is 52.3 Å². The molecule has 224 valence electrons. The topological polar surface area (TPSA) is 176 Å². The molecule has 13 nitrogen and oxygen atoms in total. The molecule has 15 heteroatoms. The molecule has 1 aromatic heterocycles. The fraction of sp³-hybridized carbons (Fsp3) is 0.286. The number of hydrogen-bond acceptors (Lipinski definition) is 11. The van der Waals surface area contributed by atoms with Crippen LogP contribution >= 0.6 is 23.1 Å². The summed E-state index contributed by atoms with van der Waals surface area (Å²) in [5.74, 6) is -3.65. The molecule has 5 rings (SSSR count). The number of carbonyl (C=O) groups is 5. The van der Waals surface area contributed by atoms with Crippen molar-refractivity contribution in [2.45, 2.75) is 29.7 Å². The maximum atomic E-state index is 13.4. The molecule has 3 atom stereocenters. The minimum Gasteiger partial charge on any atom is -0.493 e. The van der Waals surface area contributed by atoms with Crippen molar-refractivity contribution in [2.24, 2.45) is 11.7 Å². The van der Waals surface area contributed by atoms with Crippen molar-refractivity contribution >= 4 is 58.5 Å². The lowest BCUT2D eigenvalue weighted by atomic mass is 9.83. The van der Waals surface area contributed by atoms with Crippen LogP contribution in [0.3, 0.4) is 0 Å². The average molecular weight is 627 g/mol. The summed E-state index contributed by atoms with van der Waals surface area (Å²) in [5.41, 5.74) is 6.63. The van der Waals surface area contributed by atoms with Gasteiger partial charge in [-0.15, -0.1) is 0 Å². The number of anilines is 1. The minimum absolute atomic E-state index is 0.226. The molecule has 0 radical (unpaired) electrons. The number of rotatable bonds is 8. The second-order valence-corrected chi connectivity index (χ2v) is 11.6. The molecule has 2 aliphatic heterocycles. The van der Waals surface area contributed by atoms with Crippen LogP contribution in [-0.2, 0) is 25.7 Å². The molecule has 2 aliphatic rings. The van der Waals surface area contributed by atoms with Crippen molar-refractivity contribution in [3.05, 3.63) is 68.1 Å². The van der Waals surface area contributed by atoms with E-state index in [1.54, 1.807) is 25.1 Å². The van der Waals surface area contributed by atoms with Gasteiger partial charge in [-0.05, 0) is 48.9 Å². The highest BCUT2D eigenvalue weighted by molar-refractivity contribution is 8.00. The Morgan fingerprint density at radius 1 is 0.977 bits per heavy atom. The molecule has 3 N–H and O–H groups in total. The normalized spacial score (nSPS) is 19.0. The summed E-state index contributed by atoms with van der Waals surface area (Å²) in [6.45, 7) is 1.53. The Morgan fingerprint density at radius 2 is 1.67 bits per heavy atom. The number of primary amides is 1. The van der Waals surface area contributed by atoms with Crippen LogP contribution in [0.2, 0.25) is 0 Å². The van der Waals surface area contributed by atoms with Crippen LogP contribution < -0.4 is 25.4 Å². The maximum Gasteiger partial charge on any atom is 0.338 e. The first-order chi connectivity index (χ1) is 20.6. The number of methoxy groups -OCH3 is 2. The molecule has 1 fully saturated rings. The second-order valence-electron chi connectivity index (χ2n) is 9.48. The van der Waals surface area contributed by atoms with Gasteiger partial charge in [0, 0.05) is 16.5 Å². The number of fused-ring (bicyclic) bond motifs is 2.